The quantitative estimate of drug-likeness (QED) is 0.774. The van der Waals surface area contributed by atoms with E-state index in [0.29, 0.717) is 18.8 Å². The van der Waals surface area contributed by atoms with E-state index in [1.807, 2.05) is 18.2 Å². The van der Waals surface area contributed by atoms with Gasteiger partial charge in [0.1, 0.15) is 4.88 Å². The molecule has 1 aliphatic rings. The van der Waals surface area contributed by atoms with Gasteiger partial charge >= 0.3 is 0 Å². The molecule has 0 spiro atoms. The van der Waals surface area contributed by atoms with Gasteiger partial charge in [-0.15, -0.1) is 5.10 Å². The molecule has 1 fully saturated rings. The van der Waals surface area contributed by atoms with Crippen molar-refractivity contribution >= 4 is 17.3 Å². The van der Waals surface area contributed by atoms with E-state index in [-0.39, 0.29) is 5.78 Å². The Labute approximate surface area is 109 Å². The molecule has 0 amide bonds. The van der Waals surface area contributed by atoms with Crippen molar-refractivity contribution in [1.82, 2.24) is 14.6 Å². The molecule has 18 heavy (non-hydrogen) atoms. The lowest BCUT2D eigenvalue weighted by atomic mass is 10.1. The highest BCUT2D eigenvalue weighted by molar-refractivity contribution is 7.08. The number of nitrogens with zero attached hydrogens (tertiary/aromatic N) is 3. The van der Waals surface area contributed by atoms with Crippen LogP contribution in [-0.4, -0.2) is 20.4 Å². The van der Waals surface area contributed by atoms with Crippen LogP contribution in [0.25, 0.3) is 0 Å². The number of aromatic nitrogens is 3. The summed E-state index contributed by atoms with van der Waals surface area (Å²) in [7, 11) is 0. The van der Waals surface area contributed by atoms with Gasteiger partial charge in [0, 0.05) is 24.2 Å². The van der Waals surface area contributed by atoms with E-state index in [1.54, 1.807) is 6.20 Å². The molecule has 3 rings (SSSR count). The molecule has 2 heterocycles. The van der Waals surface area contributed by atoms with Crippen LogP contribution in [0.2, 0.25) is 0 Å². The minimum atomic E-state index is 0.151. The van der Waals surface area contributed by atoms with Crippen LogP contribution in [0.4, 0.5) is 0 Å². The maximum absolute atomic E-state index is 12.1. The molecule has 0 atom stereocenters. The predicted octanol–water partition coefficient (Wildman–Crippen LogP) is 2.63. The number of hydrogen-bond donors (Lipinski definition) is 0. The third kappa shape index (κ3) is 2.46. The van der Waals surface area contributed by atoms with Crippen molar-refractivity contribution < 1.29 is 4.79 Å². The average Bonchev–Trinajstić information content (AvgIpc) is 3.14. The van der Waals surface area contributed by atoms with Gasteiger partial charge in [-0.25, -0.2) is 0 Å². The second-order valence-electron chi connectivity index (χ2n) is 4.51. The summed E-state index contributed by atoms with van der Waals surface area (Å²) in [5.41, 5.74) is 1.88. The molecule has 0 aliphatic heterocycles. The Morgan fingerprint density at radius 3 is 3.00 bits per heavy atom. The summed E-state index contributed by atoms with van der Waals surface area (Å²) >= 11 is 1.23. The predicted molar refractivity (Wildman–Crippen MR) is 68.8 cm³/mol. The van der Waals surface area contributed by atoms with Crippen LogP contribution < -0.4 is 0 Å². The van der Waals surface area contributed by atoms with Crippen LogP contribution in [0.5, 0.6) is 0 Å². The highest BCUT2D eigenvalue weighted by Gasteiger charge is 2.31. The molecule has 0 unspecified atom stereocenters. The topological polar surface area (TPSA) is 55.7 Å². The van der Waals surface area contributed by atoms with Crippen molar-refractivity contribution in [3.8, 4) is 0 Å². The summed E-state index contributed by atoms with van der Waals surface area (Å²) < 4.78 is 3.91. The first-order chi connectivity index (χ1) is 8.84. The zero-order valence-corrected chi connectivity index (χ0v) is 10.7. The molecule has 0 radical (unpaired) electrons. The number of pyridine rings is 1. The molecule has 0 aromatic carbocycles. The molecular weight excluding hydrogens is 246 g/mol. The fraction of sp³-hybridized carbons (Fsp3) is 0.385. The van der Waals surface area contributed by atoms with E-state index >= 15 is 0 Å². The van der Waals surface area contributed by atoms with Crippen molar-refractivity contribution in [2.75, 3.05) is 0 Å². The first-order valence-electron chi connectivity index (χ1n) is 6.10. The number of aryl methyl sites for hydroxylation is 1. The van der Waals surface area contributed by atoms with Gasteiger partial charge in [0.25, 0.3) is 0 Å². The highest BCUT2D eigenvalue weighted by atomic mass is 32.1. The molecule has 5 heteroatoms. The van der Waals surface area contributed by atoms with Gasteiger partial charge in [-0.05, 0) is 42.9 Å². The number of Topliss-reactive ketones (excluding diaryl/α,β-unsaturated/α-hetero) is 1. The van der Waals surface area contributed by atoms with E-state index in [1.165, 1.54) is 11.5 Å². The van der Waals surface area contributed by atoms with Crippen molar-refractivity contribution in [2.24, 2.45) is 0 Å². The average molecular weight is 259 g/mol. The molecule has 2 aromatic heterocycles. The molecular formula is C13H13N3OS. The number of carbonyl (C=O) groups excluding carboxylic acids is 1. The molecule has 1 aliphatic carbocycles. The minimum absolute atomic E-state index is 0.151. The third-order valence-corrected chi connectivity index (χ3v) is 3.85. The second-order valence-corrected chi connectivity index (χ2v) is 5.26. The van der Waals surface area contributed by atoms with E-state index in [2.05, 4.69) is 14.6 Å². The number of ketones is 1. The standard InChI is InChI=1S/C13H13N3OS/c17-11(7-6-10-3-1-2-8-14-10)13-12(9-4-5-9)15-16-18-13/h1-3,8-9H,4-7H2. The van der Waals surface area contributed by atoms with Crippen molar-refractivity contribution in [2.45, 2.75) is 31.6 Å². The van der Waals surface area contributed by atoms with Crippen molar-refractivity contribution in [3.05, 3.63) is 40.7 Å². The summed E-state index contributed by atoms with van der Waals surface area (Å²) in [5, 5.41) is 4.09. The Kier molecular flexibility index (Phi) is 3.15. The Morgan fingerprint density at radius 1 is 1.39 bits per heavy atom. The number of hydrogen-bond acceptors (Lipinski definition) is 5. The molecule has 1 saturated carbocycles. The fourth-order valence-electron chi connectivity index (χ4n) is 1.92. The number of rotatable bonds is 5. The van der Waals surface area contributed by atoms with Gasteiger partial charge < -0.3 is 0 Å². The summed E-state index contributed by atoms with van der Waals surface area (Å²) in [5.74, 6) is 0.634. The summed E-state index contributed by atoms with van der Waals surface area (Å²) in [6.45, 7) is 0. The van der Waals surface area contributed by atoms with Gasteiger partial charge in [0.05, 0.1) is 5.69 Å². The maximum atomic E-state index is 12.1. The zero-order valence-electron chi connectivity index (χ0n) is 9.87. The highest BCUT2D eigenvalue weighted by Crippen LogP contribution is 2.41. The van der Waals surface area contributed by atoms with Crippen LogP contribution >= 0.6 is 11.5 Å². The van der Waals surface area contributed by atoms with E-state index in [9.17, 15) is 4.79 Å². The fourth-order valence-corrected chi connectivity index (χ4v) is 2.63. The van der Waals surface area contributed by atoms with Gasteiger partial charge in [-0.2, -0.15) is 0 Å². The van der Waals surface area contributed by atoms with Crippen LogP contribution in [-0.2, 0) is 6.42 Å². The molecule has 2 aromatic rings. The molecule has 0 bridgehead atoms. The third-order valence-electron chi connectivity index (χ3n) is 3.06. The number of carbonyl (C=O) groups is 1. The van der Waals surface area contributed by atoms with Crippen molar-refractivity contribution in [3.63, 3.8) is 0 Å². The Bertz CT molecular complexity index is 548. The summed E-state index contributed by atoms with van der Waals surface area (Å²) in [6, 6.07) is 5.76. The van der Waals surface area contributed by atoms with Gasteiger partial charge in [0.2, 0.25) is 0 Å². The smallest absolute Gasteiger partial charge is 0.176 e. The second kappa shape index (κ2) is 4.94. The van der Waals surface area contributed by atoms with Crippen LogP contribution in [0, 0.1) is 0 Å². The Hall–Kier alpha value is -1.62. The molecule has 92 valence electrons. The van der Waals surface area contributed by atoms with Crippen LogP contribution in [0.3, 0.4) is 0 Å². The summed E-state index contributed by atoms with van der Waals surface area (Å²) in [4.78, 5) is 17.1. The lowest BCUT2D eigenvalue weighted by molar-refractivity contribution is 0.0985. The first-order valence-corrected chi connectivity index (χ1v) is 6.87. The molecule has 0 N–H and O–H groups in total. The summed E-state index contributed by atoms with van der Waals surface area (Å²) in [6.07, 6.45) is 5.21. The van der Waals surface area contributed by atoms with Gasteiger partial charge in [-0.3, -0.25) is 9.78 Å². The maximum Gasteiger partial charge on any atom is 0.176 e. The minimum Gasteiger partial charge on any atom is -0.293 e. The van der Waals surface area contributed by atoms with Crippen molar-refractivity contribution in [1.29, 1.82) is 0 Å². The van der Waals surface area contributed by atoms with Crippen LogP contribution in [0.15, 0.2) is 24.4 Å². The van der Waals surface area contributed by atoms with E-state index in [0.717, 1.165) is 29.1 Å². The lowest BCUT2D eigenvalue weighted by Crippen LogP contribution is -2.03. The largest absolute Gasteiger partial charge is 0.293 e. The monoisotopic (exact) mass is 259 g/mol. The normalized spacial score (nSPS) is 14.7. The Balaban J connectivity index is 1.66. The van der Waals surface area contributed by atoms with Gasteiger partial charge in [0.15, 0.2) is 5.78 Å². The zero-order chi connectivity index (χ0) is 12.4. The Morgan fingerprint density at radius 2 is 2.28 bits per heavy atom. The van der Waals surface area contributed by atoms with E-state index in [4.69, 9.17) is 0 Å². The van der Waals surface area contributed by atoms with E-state index < -0.39 is 0 Å². The van der Waals surface area contributed by atoms with Gasteiger partial charge in [-0.1, -0.05) is 10.6 Å². The first kappa shape index (κ1) is 11.5. The molecule has 0 saturated heterocycles. The van der Waals surface area contributed by atoms with Crippen LogP contribution in [0.1, 0.15) is 46.2 Å². The SMILES string of the molecule is O=C(CCc1ccccn1)c1snnc1C1CC1. The lowest BCUT2D eigenvalue weighted by Gasteiger charge is -2.00. The molecule has 4 nitrogen and oxygen atoms in total.